The normalized spacial score (nSPS) is 12.5. The molecule has 0 spiro atoms. The van der Waals surface area contributed by atoms with E-state index in [1.165, 1.54) is 18.2 Å². The summed E-state index contributed by atoms with van der Waals surface area (Å²) in [5.74, 6) is 0. The van der Waals surface area contributed by atoms with Crippen LogP contribution in [0.25, 0.3) is 11.1 Å². The summed E-state index contributed by atoms with van der Waals surface area (Å²) in [5.41, 5.74) is 2.07. The maximum absolute atomic E-state index is 13.3. The fraction of sp³-hybridized carbons (Fsp3) is 0.105. The molecule has 0 atom stereocenters. The van der Waals surface area contributed by atoms with Crippen LogP contribution in [0.1, 0.15) is 15.3 Å². The van der Waals surface area contributed by atoms with E-state index in [0.717, 1.165) is 18.3 Å². The molecule has 9 heteroatoms. The fourth-order valence-electron chi connectivity index (χ4n) is 2.45. The lowest BCUT2D eigenvalue weighted by Gasteiger charge is -2.07. The lowest BCUT2D eigenvalue weighted by Crippen LogP contribution is -2.05. The minimum absolute atomic E-state index is 0.0265. The molecular weight excluding hydrogens is 402 g/mol. The molecule has 0 radical (unpaired) electrons. The van der Waals surface area contributed by atoms with Crippen molar-refractivity contribution in [3.05, 3.63) is 76.0 Å². The van der Waals surface area contributed by atoms with Crippen LogP contribution >= 0.6 is 11.3 Å². The van der Waals surface area contributed by atoms with Gasteiger partial charge in [-0.1, -0.05) is 36.4 Å². The van der Waals surface area contributed by atoms with Gasteiger partial charge in [0.1, 0.15) is 4.88 Å². The van der Waals surface area contributed by atoms with Gasteiger partial charge < -0.3 is 0 Å². The first kappa shape index (κ1) is 19.9. The van der Waals surface area contributed by atoms with E-state index < -0.39 is 22.8 Å². The van der Waals surface area contributed by atoms with Gasteiger partial charge in [0.25, 0.3) is 0 Å². The quantitative estimate of drug-likeness (QED) is 0.280. The highest BCUT2D eigenvalue weighted by molar-refractivity contribution is 7.14. The number of hydrogen-bond donors (Lipinski definition) is 1. The maximum Gasteiger partial charge on any atom is 0.426 e. The van der Waals surface area contributed by atoms with Crippen LogP contribution in [-0.4, -0.2) is 6.21 Å². The number of thiophene rings is 1. The molecule has 0 saturated carbocycles. The predicted octanol–water partition coefficient (Wildman–Crippen LogP) is 6.90. The van der Waals surface area contributed by atoms with Crippen LogP contribution in [0.15, 0.2) is 65.8 Å². The molecule has 28 heavy (non-hydrogen) atoms. The third-order valence-corrected chi connectivity index (χ3v) is 4.78. The van der Waals surface area contributed by atoms with Gasteiger partial charge in [0, 0.05) is 10.4 Å². The average Bonchev–Trinajstić information content (AvgIpc) is 3.07. The Bertz CT molecular complexity index is 974. The van der Waals surface area contributed by atoms with Gasteiger partial charge in [0.2, 0.25) is 0 Å². The van der Waals surface area contributed by atoms with Crippen molar-refractivity contribution in [2.45, 2.75) is 12.4 Å². The summed E-state index contributed by atoms with van der Waals surface area (Å²) in [5, 5.41) is 3.77. The molecule has 0 aliphatic rings. The van der Waals surface area contributed by atoms with E-state index >= 15 is 0 Å². The van der Waals surface area contributed by atoms with Crippen molar-refractivity contribution in [3.8, 4) is 11.1 Å². The highest BCUT2D eigenvalue weighted by atomic mass is 32.1. The summed E-state index contributed by atoms with van der Waals surface area (Å²) in [7, 11) is 0. The van der Waals surface area contributed by atoms with Crippen LogP contribution in [0.4, 0.5) is 32.0 Å². The van der Waals surface area contributed by atoms with Crippen molar-refractivity contribution in [2.24, 2.45) is 5.10 Å². The van der Waals surface area contributed by atoms with Gasteiger partial charge in [-0.05, 0) is 29.8 Å². The Morgan fingerprint density at radius 2 is 1.54 bits per heavy atom. The minimum atomic E-state index is -4.53. The van der Waals surface area contributed by atoms with Crippen molar-refractivity contribution in [3.63, 3.8) is 0 Å². The zero-order valence-corrected chi connectivity index (χ0v) is 14.8. The molecule has 2 aromatic carbocycles. The first-order valence-corrected chi connectivity index (χ1v) is 8.69. The van der Waals surface area contributed by atoms with E-state index in [9.17, 15) is 26.3 Å². The highest BCUT2D eigenvalue weighted by Gasteiger charge is 2.36. The maximum atomic E-state index is 13.3. The second kappa shape index (κ2) is 7.67. The summed E-state index contributed by atoms with van der Waals surface area (Å²) >= 11 is 0.510. The zero-order valence-electron chi connectivity index (χ0n) is 14.0. The summed E-state index contributed by atoms with van der Waals surface area (Å²) in [6, 6.07) is 13.8. The van der Waals surface area contributed by atoms with Crippen molar-refractivity contribution in [2.75, 3.05) is 5.43 Å². The monoisotopic (exact) mass is 414 g/mol. The summed E-state index contributed by atoms with van der Waals surface area (Å²) in [6.45, 7) is 0. The topological polar surface area (TPSA) is 24.4 Å². The molecule has 0 amide bonds. The summed E-state index contributed by atoms with van der Waals surface area (Å²) in [4.78, 5) is -0.551. The van der Waals surface area contributed by atoms with Crippen LogP contribution in [-0.2, 0) is 12.4 Å². The number of hydrazone groups is 1. The van der Waals surface area contributed by atoms with Gasteiger partial charge in [0.15, 0.2) is 0 Å². The summed E-state index contributed by atoms with van der Waals surface area (Å²) < 4.78 is 78.1. The smallest absolute Gasteiger partial charge is 0.278 e. The van der Waals surface area contributed by atoms with E-state index in [0.29, 0.717) is 16.9 Å². The molecule has 3 rings (SSSR count). The molecule has 0 bridgehead atoms. The highest BCUT2D eigenvalue weighted by Crippen LogP contribution is 2.42. The predicted molar refractivity (Wildman–Crippen MR) is 97.4 cm³/mol. The third-order valence-electron chi connectivity index (χ3n) is 3.67. The number of anilines is 1. The van der Waals surface area contributed by atoms with Crippen LogP contribution in [0.5, 0.6) is 0 Å². The number of alkyl halides is 6. The Kier molecular flexibility index (Phi) is 5.46. The fourth-order valence-corrected chi connectivity index (χ4v) is 3.37. The van der Waals surface area contributed by atoms with Gasteiger partial charge in [-0.2, -0.15) is 31.4 Å². The van der Waals surface area contributed by atoms with Gasteiger partial charge in [-0.3, -0.25) is 5.43 Å². The van der Waals surface area contributed by atoms with Gasteiger partial charge >= 0.3 is 12.4 Å². The molecule has 1 aromatic heterocycles. The Balaban J connectivity index is 1.84. The molecule has 2 nitrogen and oxygen atoms in total. The Labute approximate surface area is 160 Å². The van der Waals surface area contributed by atoms with E-state index in [1.54, 1.807) is 30.3 Å². The van der Waals surface area contributed by atoms with Crippen molar-refractivity contribution in [1.82, 2.24) is 0 Å². The van der Waals surface area contributed by atoms with E-state index in [-0.39, 0.29) is 16.1 Å². The van der Waals surface area contributed by atoms with Gasteiger partial charge in [-0.25, -0.2) is 0 Å². The number of benzene rings is 2. The number of hydrogen-bond acceptors (Lipinski definition) is 3. The van der Waals surface area contributed by atoms with Gasteiger partial charge in [0.05, 0.1) is 17.5 Å². The minimum Gasteiger partial charge on any atom is -0.278 e. The number of halogens is 6. The molecular formula is C19H12F6N2S. The molecule has 1 heterocycles. The average molecular weight is 414 g/mol. The lowest BCUT2D eigenvalue weighted by atomic mass is 10.1. The summed E-state index contributed by atoms with van der Waals surface area (Å²) in [6.07, 6.45) is -7.88. The van der Waals surface area contributed by atoms with E-state index in [4.69, 9.17) is 0 Å². The molecule has 1 N–H and O–H groups in total. The first-order valence-electron chi connectivity index (χ1n) is 7.87. The van der Waals surface area contributed by atoms with Crippen LogP contribution < -0.4 is 5.43 Å². The molecule has 0 aliphatic heterocycles. The van der Waals surface area contributed by atoms with Crippen LogP contribution in [0, 0.1) is 0 Å². The third kappa shape index (κ3) is 4.72. The molecule has 0 saturated heterocycles. The van der Waals surface area contributed by atoms with Crippen molar-refractivity contribution >= 4 is 23.2 Å². The Morgan fingerprint density at radius 1 is 0.821 bits per heavy atom. The van der Waals surface area contributed by atoms with Crippen LogP contribution in [0.2, 0.25) is 0 Å². The molecule has 146 valence electrons. The molecule has 3 aromatic rings. The Hall–Kier alpha value is -2.81. The van der Waals surface area contributed by atoms with E-state index in [2.05, 4.69) is 10.5 Å². The lowest BCUT2D eigenvalue weighted by molar-refractivity contribution is -0.137. The van der Waals surface area contributed by atoms with Crippen LogP contribution in [0.3, 0.4) is 0 Å². The Morgan fingerprint density at radius 3 is 2.18 bits per heavy atom. The van der Waals surface area contributed by atoms with Gasteiger partial charge in [-0.15, -0.1) is 11.3 Å². The first-order chi connectivity index (χ1) is 13.1. The number of nitrogens with zero attached hydrogens (tertiary/aromatic N) is 1. The largest absolute Gasteiger partial charge is 0.426 e. The zero-order chi connectivity index (χ0) is 20.4. The molecule has 0 fully saturated rings. The van der Waals surface area contributed by atoms with Crippen molar-refractivity contribution in [1.29, 1.82) is 0 Å². The second-order valence-corrected chi connectivity index (χ2v) is 6.79. The SMILES string of the molecule is FC(F)(F)c1cccc(N/N=C/c2cc(-c3ccccc3)c(C(F)(F)F)s2)c1. The standard InChI is InChI=1S/C19H12F6N2S/c20-18(21,22)13-7-4-8-14(9-13)27-26-11-15-10-16(12-5-2-1-3-6-12)17(28-15)19(23,24)25/h1-11,27H/b26-11+. The van der Waals surface area contributed by atoms with E-state index in [1.807, 2.05) is 0 Å². The molecule has 0 aliphatic carbocycles. The second-order valence-electron chi connectivity index (χ2n) is 5.70. The number of rotatable bonds is 4. The van der Waals surface area contributed by atoms with Crippen molar-refractivity contribution < 1.29 is 26.3 Å². The number of nitrogens with one attached hydrogen (secondary N) is 1. The molecule has 0 unspecified atom stereocenters.